The smallest absolute Gasteiger partial charge is 0.240 e. The second kappa shape index (κ2) is 8.04. The predicted octanol–water partition coefficient (Wildman–Crippen LogP) is 3.36. The molecule has 5 nitrogen and oxygen atoms in total. The number of sulfonamides is 1. The Bertz CT molecular complexity index is 940. The van der Waals surface area contributed by atoms with Crippen molar-refractivity contribution in [1.82, 2.24) is 4.72 Å². The van der Waals surface area contributed by atoms with E-state index in [2.05, 4.69) is 11.6 Å². The highest BCUT2D eigenvalue weighted by atomic mass is 32.2. The van der Waals surface area contributed by atoms with Gasteiger partial charge in [0.1, 0.15) is 0 Å². The van der Waals surface area contributed by atoms with Crippen LogP contribution < -0.4 is 9.62 Å². The molecule has 2 aromatic carbocycles. The van der Waals surface area contributed by atoms with Crippen LogP contribution in [0.3, 0.4) is 0 Å². The summed E-state index contributed by atoms with van der Waals surface area (Å²) in [6.45, 7) is 6.49. The van der Waals surface area contributed by atoms with E-state index in [0.29, 0.717) is 25.2 Å². The first-order valence-corrected chi connectivity index (χ1v) is 11.3. The molecule has 1 heterocycles. The fraction of sp³-hybridized carbons (Fsp3) is 0.350. The van der Waals surface area contributed by atoms with Crippen molar-refractivity contribution in [2.45, 2.75) is 42.2 Å². The molecule has 0 saturated carbocycles. The number of benzene rings is 2. The van der Waals surface area contributed by atoms with Crippen molar-refractivity contribution in [2.24, 2.45) is 0 Å². The zero-order valence-electron chi connectivity index (χ0n) is 15.7. The van der Waals surface area contributed by atoms with Gasteiger partial charge < -0.3 is 4.90 Å². The number of nitrogens with zero attached hydrogens (tertiary/aromatic N) is 1. The maximum atomic E-state index is 12.7. The molecule has 144 valence electrons. The SMILES string of the molecule is CC(=O)N1C[C@H](C)Sc2ccc(S(=O)(=O)NCCc3ccc(C)cc3)cc21. The van der Waals surface area contributed by atoms with Crippen molar-refractivity contribution in [3.8, 4) is 0 Å². The van der Waals surface area contributed by atoms with Gasteiger partial charge in [0, 0.05) is 30.2 Å². The number of aryl methyl sites for hydroxylation is 1. The van der Waals surface area contributed by atoms with E-state index in [0.717, 1.165) is 10.5 Å². The van der Waals surface area contributed by atoms with Gasteiger partial charge in [-0.15, -0.1) is 11.8 Å². The lowest BCUT2D eigenvalue weighted by molar-refractivity contribution is -0.116. The van der Waals surface area contributed by atoms with Gasteiger partial charge in [0.25, 0.3) is 0 Å². The van der Waals surface area contributed by atoms with Gasteiger partial charge in [-0.3, -0.25) is 4.79 Å². The normalized spacial score (nSPS) is 16.9. The number of anilines is 1. The third-order valence-electron chi connectivity index (χ3n) is 4.51. The monoisotopic (exact) mass is 404 g/mol. The average Bonchev–Trinajstić information content (AvgIpc) is 2.62. The molecule has 27 heavy (non-hydrogen) atoms. The van der Waals surface area contributed by atoms with Crippen LogP contribution in [-0.4, -0.2) is 32.7 Å². The Morgan fingerprint density at radius 1 is 1.22 bits per heavy atom. The van der Waals surface area contributed by atoms with Gasteiger partial charge in [-0.25, -0.2) is 13.1 Å². The van der Waals surface area contributed by atoms with Crippen LogP contribution >= 0.6 is 11.8 Å². The minimum absolute atomic E-state index is 0.0784. The number of thioether (sulfide) groups is 1. The van der Waals surface area contributed by atoms with Crippen LogP contribution in [-0.2, 0) is 21.2 Å². The molecule has 0 unspecified atom stereocenters. The number of carbonyl (C=O) groups is 1. The summed E-state index contributed by atoms with van der Waals surface area (Å²) >= 11 is 1.66. The van der Waals surface area contributed by atoms with Crippen molar-refractivity contribution in [1.29, 1.82) is 0 Å². The van der Waals surface area contributed by atoms with Crippen molar-refractivity contribution < 1.29 is 13.2 Å². The van der Waals surface area contributed by atoms with Crippen molar-refractivity contribution >= 4 is 33.4 Å². The highest BCUT2D eigenvalue weighted by molar-refractivity contribution is 8.00. The zero-order valence-corrected chi connectivity index (χ0v) is 17.4. The summed E-state index contributed by atoms with van der Waals surface area (Å²) in [6, 6.07) is 13.0. The van der Waals surface area contributed by atoms with Gasteiger partial charge in [0.05, 0.1) is 10.6 Å². The molecule has 7 heteroatoms. The number of nitrogens with one attached hydrogen (secondary N) is 1. The maximum absolute atomic E-state index is 12.7. The zero-order chi connectivity index (χ0) is 19.6. The fourth-order valence-electron chi connectivity index (χ4n) is 3.05. The van der Waals surface area contributed by atoms with E-state index < -0.39 is 10.0 Å². The number of hydrogen-bond donors (Lipinski definition) is 1. The van der Waals surface area contributed by atoms with Gasteiger partial charge in [0.15, 0.2) is 0 Å². The lowest BCUT2D eigenvalue weighted by Gasteiger charge is -2.32. The molecular formula is C20H24N2O3S2. The summed E-state index contributed by atoms with van der Waals surface area (Å²) in [5.41, 5.74) is 2.93. The molecule has 0 aromatic heterocycles. The van der Waals surface area contributed by atoms with Crippen molar-refractivity contribution in [3.05, 3.63) is 53.6 Å². The van der Waals surface area contributed by atoms with E-state index in [-0.39, 0.29) is 16.1 Å². The summed E-state index contributed by atoms with van der Waals surface area (Å²) in [6.07, 6.45) is 0.622. The third kappa shape index (κ3) is 4.72. The topological polar surface area (TPSA) is 66.5 Å². The number of hydrogen-bond acceptors (Lipinski definition) is 4. The van der Waals surface area contributed by atoms with Gasteiger partial charge in [-0.2, -0.15) is 0 Å². The molecular weight excluding hydrogens is 380 g/mol. The Morgan fingerprint density at radius 3 is 2.59 bits per heavy atom. The van der Waals surface area contributed by atoms with E-state index in [1.54, 1.807) is 34.9 Å². The Hall–Kier alpha value is -1.83. The second-order valence-corrected chi connectivity index (χ2v) is 10.1. The van der Waals surface area contributed by atoms with E-state index in [1.807, 2.05) is 31.2 Å². The van der Waals surface area contributed by atoms with Gasteiger partial charge >= 0.3 is 0 Å². The number of rotatable bonds is 5. The Kier molecular flexibility index (Phi) is 5.93. The molecule has 1 atom stereocenters. The summed E-state index contributed by atoms with van der Waals surface area (Å²) < 4.78 is 28.0. The Balaban J connectivity index is 1.75. The van der Waals surface area contributed by atoms with E-state index in [4.69, 9.17) is 0 Å². The van der Waals surface area contributed by atoms with Crippen LogP contribution in [0.4, 0.5) is 5.69 Å². The Labute approximate surface area is 165 Å². The largest absolute Gasteiger partial charge is 0.310 e. The van der Waals surface area contributed by atoms with E-state index in [9.17, 15) is 13.2 Å². The van der Waals surface area contributed by atoms with Gasteiger partial charge in [0.2, 0.25) is 15.9 Å². The molecule has 0 fully saturated rings. The second-order valence-electron chi connectivity index (χ2n) is 6.82. The van der Waals surface area contributed by atoms with Gasteiger partial charge in [-0.05, 0) is 37.1 Å². The number of carbonyl (C=O) groups excluding carboxylic acids is 1. The first-order chi connectivity index (χ1) is 12.8. The van der Waals surface area contributed by atoms with Crippen molar-refractivity contribution in [3.63, 3.8) is 0 Å². The average molecular weight is 405 g/mol. The summed E-state index contributed by atoms with van der Waals surface area (Å²) in [5.74, 6) is -0.0784. The number of fused-ring (bicyclic) bond motifs is 1. The molecule has 1 amide bonds. The van der Waals surface area contributed by atoms with Crippen LogP contribution in [0.1, 0.15) is 25.0 Å². The standard InChI is InChI=1S/C20H24N2O3S2/c1-14-4-6-17(7-5-14)10-11-21-27(24,25)18-8-9-20-19(12-18)22(16(3)23)13-15(2)26-20/h4-9,12,15,21H,10-11,13H2,1-3H3/t15-/m0/s1. The van der Waals surface area contributed by atoms with Gasteiger partial charge in [-0.1, -0.05) is 36.8 Å². The maximum Gasteiger partial charge on any atom is 0.240 e. The van der Waals surface area contributed by atoms with E-state index >= 15 is 0 Å². The summed E-state index contributed by atoms with van der Waals surface area (Å²) in [7, 11) is -3.63. The molecule has 1 N–H and O–H groups in total. The summed E-state index contributed by atoms with van der Waals surface area (Å²) in [5, 5.41) is 0.275. The highest BCUT2D eigenvalue weighted by Gasteiger charge is 2.27. The first kappa shape index (κ1) is 19.9. The molecule has 1 aliphatic heterocycles. The lowest BCUT2D eigenvalue weighted by Crippen LogP contribution is -2.37. The van der Waals surface area contributed by atoms with Crippen LogP contribution in [0.15, 0.2) is 52.3 Å². The molecule has 0 aliphatic carbocycles. The molecule has 1 aliphatic rings. The van der Waals surface area contributed by atoms with Crippen LogP contribution in [0.2, 0.25) is 0 Å². The molecule has 3 rings (SSSR count). The Morgan fingerprint density at radius 2 is 1.93 bits per heavy atom. The quantitative estimate of drug-likeness (QED) is 0.830. The highest BCUT2D eigenvalue weighted by Crippen LogP contribution is 2.39. The minimum Gasteiger partial charge on any atom is -0.310 e. The van der Waals surface area contributed by atoms with Crippen LogP contribution in [0, 0.1) is 6.92 Å². The fourth-order valence-corrected chi connectivity index (χ4v) is 5.20. The molecule has 0 radical (unpaired) electrons. The van der Waals surface area contributed by atoms with Crippen LogP contribution in [0.25, 0.3) is 0 Å². The predicted molar refractivity (Wildman–Crippen MR) is 110 cm³/mol. The molecule has 2 aromatic rings. The van der Waals surface area contributed by atoms with Crippen LogP contribution in [0.5, 0.6) is 0 Å². The van der Waals surface area contributed by atoms with E-state index in [1.165, 1.54) is 12.5 Å². The number of amides is 1. The molecule has 0 spiro atoms. The molecule has 0 saturated heterocycles. The molecule has 0 bridgehead atoms. The third-order valence-corrected chi connectivity index (χ3v) is 7.12. The lowest BCUT2D eigenvalue weighted by atomic mass is 10.1. The first-order valence-electron chi connectivity index (χ1n) is 8.90. The van der Waals surface area contributed by atoms with Crippen molar-refractivity contribution in [2.75, 3.05) is 18.0 Å². The minimum atomic E-state index is -3.63. The summed E-state index contributed by atoms with van der Waals surface area (Å²) in [4.78, 5) is 14.7.